The van der Waals surface area contributed by atoms with Gasteiger partial charge in [-0.3, -0.25) is 4.57 Å². The Bertz CT molecular complexity index is 370. The molecule has 21 heavy (non-hydrogen) atoms. The van der Waals surface area contributed by atoms with E-state index in [1.165, 1.54) is 7.11 Å². The molecule has 0 aromatic heterocycles. The summed E-state index contributed by atoms with van der Waals surface area (Å²) in [6.45, 7) is 12.8. The number of hydrogen-bond donors (Lipinski definition) is 2. The van der Waals surface area contributed by atoms with Crippen molar-refractivity contribution in [2.75, 3.05) is 13.3 Å². The summed E-state index contributed by atoms with van der Waals surface area (Å²) in [5.74, 6) is 0.396. The van der Waals surface area contributed by atoms with Gasteiger partial charge >= 0.3 is 7.60 Å². The summed E-state index contributed by atoms with van der Waals surface area (Å²) in [4.78, 5) is 9.79. The van der Waals surface area contributed by atoms with Crippen LogP contribution in [0.25, 0.3) is 0 Å². The predicted octanol–water partition coefficient (Wildman–Crippen LogP) is 3.91. The normalized spacial score (nSPS) is 34.5. The molecule has 0 radical (unpaired) electrons. The summed E-state index contributed by atoms with van der Waals surface area (Å²) in [5.41, 5.74) is -0.0395. The van der Waals surface area contributed by atoms with Gasteiger partial charge in [-0.05, 0) is 41.4 Å². The van der Waals surface area contributed by atoms with E-state index in [4.69, 9.17) is 4.52 Å². The molecule has 0 heterocycles. The van der Waals surface area contributed by atoms with Gasteiger partial charge in [-0.2, -0.15) is 0 Å². The van der Waals surface area contributed by atoms with Crippen molar-refractivity contribution in [3.8, 4) is 0 Å². The molecule has 126 valence electrons. The van der Waals surface area contributed by atoms with Crippen LogP contribution in [0.5, 0.6) is 0 Å². The molecular formula is C16H33O4P. The van der Waals surface area contributed by atoms with Crippen LogP contribution in [-0.2, 0) is 9.09 Å². The minimum atomic E-state index is -3.50. The molecule has 0 aromatic carbocycles. The highest BCUT2D eigenvalue weighted by Gasteiger charge is 2.47. The van der Waals surface area contributed by atoms with E-state index in [9.17, 15) is 14.6 Å². The first-order chi connectivity index (χ1) is 9.28. The zero-order valence-corrected chi connectivity index (χ0v) is 15.5. The topological polar surface area (TPSA) is 66.8 Å². The first kappa shape index (κ1) is 19.2. The Morgan fingerprint density at radius 2 is 1.43 bits per heavy atom. The predicted molar refractivity (Wildman–Crippen MR) is 86.3 cm³/mol. The molecule has 0 spiro atoms. The second-order valence-corrected chi connectivity index (χ2v) is 10.8. The average Bonchev–Trinajstić information content (AvgIpc) is 2.28. The molecule has 1 fully saturated rings. The summed E-state index contributed by atoms with van der Waals surface area (Å²) in [7, 11) is -2.21. The van der Waals surface area contributed by atoms with Crippen LogP contribution in [0.15, 0.2) is 0 Å². The maximum atomic E-state index is 11.9. The second-order valence-electron chi connectivity index (χ2n) is 8.78. The minimum absolute atomic E-state index is 0.0197. The maximum absolute atomic E-state index is 11.9. The molecule has 0 aromatic rings. The van der Waals surface area contributed by atoms with E-state index < -0.39 is 7.60 Å². The zero-order valence-electron chi connectivity index (χ0n) is 14.6. The summed E-state index contributed by atoms with van der Waals surface area (Å²) in [6, 6.07) is 0. The molecule has 0 aliphatic heterocycles. The van der Waals surface area contributed by atoms with Crippen molar-refractivity contribution in [3.05, 3.63) is 0 Å². The molecule has 0 saturated heterocycles. The Morgan fingerprint density at radius 1 is 1.05 bits per heavy atom. The molecule has 3 atom stereocenters. The van der Waals surface area contributed by atoms with Crippen molar-refractivity contribution in [3.63, 3.8) is 0 Å². The molecule has 1 aliphatic carbocycles. The Hall–Kier alpha value is 0.110. The van der Waals surface area contributed by atoms with E-state index >= 15 is 0 Å². The third-order valence-electron chi connectivity index (χ3n) is 5.00. The van der Waals surface area contributed by atoms with Crippen LogP contribution in [0.1, 0.15) is 54.4 Å². The molecule has 1 saturated carbocycles. The van der Waals surface area contributed by atoms with Gasteiger partial charge < -0.3 is 14.5 Å². The molecule has 5 heteroatoms. The standard InChI is InChI=1S/C16H33O4P/c1-15(2,3)12-8-11(10-21(18,19)20-7)9-13(14(12)17)16(4,5)6/h11-14,17H,8-10H2,1-7H3,(H,18,19). The van der Waals surface area contributed by atoms with Crippen molar-refractivity contribution < 1.29 is 19.1 Å². The van der Waals surface area contributed by atoms with Crippen LogP contribution in [0, 0.1) is 28.6 Å². The maximum Gasteiger partial charge on any atom is 0.328 e. The summed E-state index contributed by atoms with van der Waals surface area (Å²) < 4.78 is 16.7. The lowest BCUT2D eigenvalue weighted by Crippen LogP contribution is -2.48. The van der Waals surface area contributed by atoms with Crippen molar-refractivity contribution in [1.29, 1.82) is 0 Å². The van der Waals surface area contributed by atoms with E-state index in [0.29, 0.717) is 0 Å². The van der Waals surface area contributed by atoms with Crippen molar-refractivity contribution in [1.82, 2.24) is 0 Å². The lowest BCUT2D eigenvalue weighted by molar-refractivity contribution is -0.0809. The van der Waals surface area contributed by atoms with E-state index in [-0.39, 0.29) is 40.8 Å². The number of aliphatic hydroxyl groups is 1. The molecule has 4 nitrogen and oxygen atoms in total. The number of aliphatic hydroxyl groups excluding tert-OH is 1. The van der Waals surface area contributed by atoms with Crippen LogP contribution >= 0.6 is 7.60 Å². The van der Waals surface area contributed by atoms with Crippen LogP contribution < -0.4 is 0 Å². The lowest BCUT2D eigenvalue weighted by atomic mass is 9.59. The fraction of sp³-hybridized carbons (Fsp3) is 1.00. The molecule has 3 unspecified atom stereocenters. The van der Waals surface area contributed by atoms with Gasteiger partial charge in [0.1, 0.15) is 0 Å². The monoisotopic (exact) mass is 320 g/mol. The summed E-state index contributed by atoms with van der Waals surface area (Å²) in [6.07, 6.45) is 1.40. The lowest BCUT2D eigenvalue weighted by Gasteiger charge is -2.49. The van der Waals surface area contributed by atoms with E-state index in [2.05, 4.69) is 41.5 Å². The van der Waals surface area contributed by atoms with Crippen molar-refractivity contribution in [2.45, 2.75) is 60.5 Å². The summed E-state index contributed by atoms with van der Waals surface area (Å²) >= 11 is 0. The van der Waals surface area contributed by atoms with Crippen molar-refractivity contribution in [2.24, 2.45) is 28.6 Å². The Balaban J connectivity index is 3.02. The summed E-state index contributed by atoms with van der Waals surface area (Å²) in [5, 5.41) is 10.8. The first-order valence-electron chi connectivity index (χ1n) is 7.83. The molecule has 1 rings (SSSR count). The van der Waals surface area contributed by atoms with E-state index in [1.807, 2.05) is 0 Å². The fourth-order valence-corrected chi connectivity index (χ4v) is 4.76. The van der Waals surface area contributed by atoms with Crippen molar-refractivity contribution >= 4 is 7.60 Å². The highest BCUT2D eigenvalue weighted by Crippen LogP contribution is 2.52. The molecule has 0 bridgehead atoms. The van der Waals surface area contributed by atoms with Crippen LogP contribution in [0.4, 0.5) is 0 Å². The average molecular weight is 320 g/mol. The second kappa shape index (κ2) is 6.31. The quantitative estimate of drug-likeness (QED) is 0.774. The van der Waals surface area contributed by atoms with Gasteiger partial charge in [-0.15, -0.1) is 0 Å². The molecular weight excluding hydrogens is 287 g/mol. The third kappa shape index (κ3) is 5.06. The highest BCUT2D eigenvalue weighted by molar-refractivity contribution is 7.52. The molecule has 0 amide bonds. The van der Waals surface area contributed by atoms with Gasteiger partial charge in [-0.1, -0.05) is 41.5 Å². The minimum Gasteiger partial charge on any atom is -0.393 e. The van der Waals surface area contributed by atoms with E-state index in [1.54, 1.807) is 0 Å². The Morgan fingerprint density at radius 3 is 1.71 bits per heavy atom. The molecule has 2 N–H and O–H groups in total. The SMILES string of the molecule is COP(=O)(O)CC1CC(C(C)(C)C)C(O)C(C(C)(C)C)C1. The zero-order chi connectivity index (χ0) is 16.6. The third-order valence-corrected chi connectivity index (χ3v) is 6.55. The molecule has 1 aliphatic rings. The van der Waals surface area contributed by atoms with Crippen LogP contribution in [0.3, 0.4) is 0 Å². The van der Waals surface area contributed by atoms with Crippen LogP contribution in [-0.4, -0.2) is 29.4 Å². The number of hydrogen-bond acceptors (Lipinski definition) is 3. The largest absolute Gasteiger partial charge is 0.393 e. The Labute approximate surface area is 129 Å². The van der Waals surface area contributed by atoms with Gasteiger partial charge in [0.15, 0.2) is 0 Å². The Kier molecular flexibility index (Phi) is 5.76. The van der Waals surface area contributed by atoms with Gasteiger partial charge in [0, 0.05) is 7.11 Å². The first-order valence-corrected chi connectivity index (χ1v) is 9.60. The van der Waals surface area contributed by atoms with Crippen LogP contribution in [0.2, 0.25) is 0 Å². The fourth-order valence-electron chi connectivity index (χ4n) is 3.66. The smallest absolute Gasteiger partial charge is 0.328 e. The van der Waals surface area contributed by atoms with Gasteiger partial charge in [0.05, 0.1) is 12.3 Å². The number of rotatable bonds is 3. The highest BCUT2D eigenvalue weighted by atomic mass is 31.2. The van der Waals surface area contributed by atoms with Gasteiger partial charge in [0.25, 0.3) is 0 Å². The van der Waals surface area contributed by atoms with Gasteiger partial charge in [-0.25, -0.2) is 0 Å². The van der Waals surface area contributed by atoms with E-state index in [0.717, 1.165) is 12.8 Å². The van der Waals surface area contributed by atoms with Gasteiger partial charge in [0.2, 0.25) is 0 Å².